The van der Waals surface area contributed by atoms with Gasteiger partial charge in [0.15, 0.2) is 0 Å². The summed E-state index contributed by atoms with van der Waals surface area (Å²) < 4.78 is 16.2. The molecule has 0 N–H and O–H groups in total. The predicted octanol–water partition coefficient (Wildman–Crippen LogP) is 1.28. The topological polar surface area (TPSA) is 32.3 Å². The minimum absolute atomic E-state index is 0.416. The zero-order chi connectivity index (χ0) is 7.40. The fourth-order valence-corrected chi connectivity index (χ4v) is 2.51. The highest BCUT2D eigenvalue weighted by molar-refractivity contribution is 7.91. The minimum Gasteiger partial charge on any atom is -0.614 e. The number of hydrogen-bond acceptors (Lipinski definition) is 2. The predicted molar refractivity (Wildman–Crippen MR) is 42.3 cm³/mol. The standard InChI is InChI=1S/C7H14O2S/c1-2-3-7-4-5-9-6-10(7)8/h7H,2-6H2,1H3. The lowest BCUT2D eigenvalue weighted by Gasteiger charge is -2.25. The summed E-state index contributed by atoms with van der Waals surface area (Å²) in [4.78, 5) is 0. The molecule has 0 radical (unpaired) electrons. The van der Waals surface area contributed by atoms with E-state index in [1.807, 2.05) is 0 Å². The van der Waals surface area contributed by atoms with Crippen molar-refractivity contribution in [2.45, 2.75) is 31.4 Å². The average molecular weight is 162 g/mol. The molecular weight excluding hydrogens is 148 g/mol. The van der Waals surface area contributed by atoms with Crippen LogP contribution in [0.3, 0.4) is 0 Å². The van der Waals surface area contributed by atoms with Gasteiger partial charge in [-0.1, -0.05) is 13.3 Å². The molecule has 2 nitrogen and oxygen atoms in total. The van der Waals surface area contributed by atoms with E-state index in [9.17, 15) is 4.55 Å². The number of ether oxygens (including phenoxy) is 1. The first kappa shape index (κ1) is 8.37. The van der Waals surface area contributed by atoms with Crippen molar-refractivity contribution in [3.63, 3.8) is 0 Å². The minimum atomic E-state index is -0.700. The van der Waals surface area contributed by atoms with E-state index in [1.54, 1.807) is 0 Å². The molecular formula is C7H14O2S. The summed E-state index contributed by atoms with van der Waals surface area (Å²) in [7, 11) is 0. The molecule has 1 saturated heterocycles. The van der Waals surface area contributed by atoms with Crippen LogP contribution in [0.2, 0.25) is 0 Å². The van der Waals surface area contributed by atoms with Crippen LogP contribution in [0, 0.1) is 0 Å². The number of rotatable bonds is 2. The van der Waals surface area contributed by atoms with Crippen LogP contribution < -0.4 is 0 Å². The second-order valence-corrected chi connectivity index (χ2v) is 4.27. The van der Waals surface area contributed by atoms with Crippen molar-refractivity contribution in [1.29, 1.82) is 0 Å². The fourth-order valence-electron chi connectivity index (χ4n) is 1.18. The van der Waals surface area contributed by atoms with Gasteiger partial charge in [0, 0.05) is 6.42 Å². The summed E-state index contributed by atoms with van der Waals surface area (Å²) in [6, 6.07) is 0. The van der Waals surface area contributed by atoms with Crippen LogP contribution in [-0.2, 0) is 15.9 Å². The third-order valence-corrected chi connectivity index (χ3v) is 3.38. The maximum Gasteiger partial charge on any atom is 0.205 e. The molecule has 3 heteroatoms. The SMILES string of the molecule is CCCC1CCOC[S+]1[O-]. The molecule has 0 aromatic rings. The highest BCUT2D eigenvalue weighted by Gasteiger charge is 2.25. The third kappa shape index (κ3) is 2.15. The highest BCUT2D eigenvalue weighted by atomic mass is 32.2. The van der Waals surface area contributed by atoms with Crippen LogP contribution >= 0.6 is 0 Å². The molecule has 2 atom stereocenters. The molecule has 0 aromatic carbocycles. The Kier molecular flexibility index (Phi) is 3.52. The Morgan fingerprint density at radius 3 is 3.10 bits per heavy atom. The quantitative estimate of drug-likeness (QED) is 0.573. The van der Waals surface area contributed by atoms with Crippen molar-refractivity contribution in [1.82, 2.24) is 0 Å². The van der Waals surface area contributed by atoms with Gasteiger partial charge in [-0.05, 0) is 17.6 Å². The Labute approximate surface area is 65.1 Å². The molecule has 0 spiro atoms. The average Bonchev–Trinajstić information content (AvgIpc) is 1.94. The van der Waals surface area contributed by atoms with E-state index in [2.05, 4.69) is 6.92 Å². The molecule has 0 saturated carbocycles. The summed E-state index contributed by atoms with van der Waals surface area (Å²) in [5.74, 6) is 0.463. The Morgan fingerprint density at radius 2 is 2.50 bits per heavy atom. The van der Waals surface area contributed by atoms with Gasteiger partial charge in [-0.2, -0.15) is 0 Å². The van der Waals surface area contributed by atoms with Gasteiger partial charge >= 0.3 is 0 Å². The van der Waals surface area contributed by atoms with E-state index in [1.165, 1.54) is 0 Å². The first-order chi connectivity index (χ1) is 4.84. The molecule has 1 heterocycles. The molecule has 2 unspecified atom stereocenters. The van der Waals surface area contributed by atoms with Crippen LogP contribution in [0.25, 0.3) is 0 Å². The second-order valence-electron chi connectivity index (χ2n) is 2.61. The van der Waals surface area contributed by atoms with Crippen LogP contribution in [0.15, 0.2) is 0 Å². The molecule has 1 fully saturated rings. The van der Waals surface area contributed by atoms with E-state index < -0.39 is 11.2 Å². The fraction of sp³-hybridized carbons (Fsp3) is 1.00. The van der Waals surface area contributed by atoms with E-state index in [0.717, 1.165) is 25.9 Å². The molecule has 0 aliphatic carbocycles. The highest BCUT2D eigenvalue weighted by Crippen LogP contribution is 2.18. The van der Waals surface area contributed by atoms with Crippen molar-refractivity contribution in [3.05, 3.63) is 0 Å². The van der Waals surface area contributed by atoms with Gasteiger partial charge in [0.05, 0.1) is 6.61 Å². The summed E-state index contributed by atoms with van der Waals surface area (Å²) >= 11 is -0.700. The Hall–Kier alpha value is 0.270. The van der Waals surface area contributed by atoms with Crippen molar-refractivity contribution >= 4 is 11.2 Å². The summed E-state index contributed by atoms with van der Waals surface area (Å²) in [5, 5.41) is 0.416. The number of hydrogen-bond donors (Lipinski definition) is 0. The normalized spacial score (nSPS) is 34.2. The first-order valence-electron chi connectivity index (χ1n) is 3.79. The molecule has 1 aliphatic rings. The van der Waals surface area contributed by atoms with Gasteiger partial charge in [-0.25, -0.2) is 0 Å². The molecule has 10 heavy (non-hydrogen) atoms. The monoisotopic (exact) mass is 162 g/mol. The zero-order valence-corrected chi connectivity index (χ0v) is 7.15. The maximum absolute atomic E-state index is 11.2. The lowest BCUT2D eigenvalue weighted by Crippen LogP contribution is -2.31. The van der Waals surface area contributed by atoms with Crippen molar-refractivity contribution < 1.29 is 9.29 Å². The van der Waals surface area contributed by atoms with E-state index >= 15 is 0 Å². The van der Waals surface area contributed by atoms with E-state index in [-0.39, 0.29) is 0 Å². The van der Waals surface area contributed by atoms with Crippen LogP contribution in [0.5, 0.6) is 0 Å². The molecule has 1 aliphatic heterocycles. The molecule has 0 aromatic heterocycles. The molecule has 60 valence electrons. The van der Waals surface area contributed by atoms with Gasteiger partial charge in [-0.15, -0.1) is 0 Å². The Balaban J connectivity index is 2.25. The Bertz CT molecular complexity index is 95.6. The van der Waals surface area contributed by atoms with Gasteiger partial charge < -0.3 is 9.29 Å². The van der Waals surface area contributed by atoms with Gasteiger partial charge in [0.1, 0.15) is 5.25 Å². The molecule has 0 amide bonds. The van der Waals surface area contributed by atoms with Crippen LogP contribution in [-0.4, -0.2) is 22.3 Å². The third-order valence-electron chi connectivity index (χ3n) is 1.77. The van der Waals surface area contributed by atoms with Gasteiger partial charge in [0.25, 0.3) is 0 Å². The van der Waals surface area contributed by atoms with Crippen LogP contribution in [0.4, 0.5) is 0 Å². The lowest BCUT2D eigenvalue weighted by molar-refractivity contribution is 0.156. The molecule has 0 bridgehead atoms. The van der Waals surface area contributed by atoms with E-state index in [4.69, 9.17) is 4.74 Å². The van der Waals surface area contributed by atoms with Crippen LogP contribution in [0.1, 0.15) is 26.2 Å². The smallest absolute Gasteiger partial charge is 0.205 e. The summed E-state index contributed by atoms with van der Waals surface area (Å²) in [5.41, 5.74) is 0. The first-order valence-corrected chi connectivity index (χ1v) is 5.17. The van der Waals surface area contributed by atoms with Crippen molar-refractivity contribution in [3.8, 4) is 0 Å². The van der Waals surface area contributed by atoms with Gasteiger partial charge in [0.2, 0.25) is 5.94 Å². The zero-order valence-electron chi connectivity index (χ0n) is 6.34. The Morgan fingerprint density at radius 1 is 1.70 bits per heavy atom. The summed E-state index contributed by atoms with van der Waals surface area (Å²) in [6.07, 6.45) is 3.22. The van der Waals surface area contributed by atoms with Crippen molar-refractivity contribution in [2.24, 2.45) is 0 Å². The lowest BCUT2D eigenvalue weighted by atomic mass is 10.2. The van der Waals surface area contributed by atoms with Gasteiger partial charge in [-0.3, -0.25) is 0 Å². The largest absolute Gasteiger partial charge is 0.614 e. The maximum atomic E-state index is 11.2. The second kappa shape index (κ2) is 4.21. The molecule has 1 rings (SSSR count). The van der Waals surface area contributed by atoms with Crippen molar-refractivity contribution in [2.75, 3.05) is 12.5 Å². The van der Waals surface area contributed by atoms with E-state index in [0.29, 0.717) is 11.2 Å². The summed E-state index contributed by atoms with van der Waals surface area (Å²) in [6.45, 7) is 2.93.